The summed E-state index contributed by atoms with van der Waals surface area (Å²) in [4.78, 5) is 17.7. The summed E-state index contributed by atoms with van der Waals surface area (Å²) >= 11 is 6.16. The summed E-state index contributed by atoms with van der Waals surface area (Å²) < 4.78 is 15.6. The molecule has 1 fully saturated rings. The van der Waals surface area contributed by atoms with E-state index < -0.39 is 11.5 Å². The summed E-state index contributed by atoms with van der Waals surface area (Å²) in [7, 11) is 1.98. The molecule has 1 atom stereocenters. The minimum absolute atomic E-state index is 0.0352. The van der Waals surface area contributed by atoms with Gasteiger partial charge in [0.15, 0.2) is 5.49 Å². The highest BCUT2D eigenvalue weighted by Crippen LogP contribution is 2.25. The van der Waals surface area contributed by atoms with E-state index in [-0.39, 0.29) is 23.7 Å². The summed E-state index contributed by atoms with van der Waals surface area (Å²) in [5, 5.41) is 10.4. The lowest BCUT2D eigenvalue weighted by molar-refractivity contribution is 0.0281. The smallest absolute Gasteiger partial charge is 0.282 e. The van der Waals surface area contributed by atoms with E-state index in [9.17, 15) is 9.90 Å². The number of hydrogen-bond donors (Lipinski definition) is 1. The fourth-order valence-electron chi connectivity index (χ4n) is 3.78. The zero-order chi connectivity index (χ0) is 23.7. The Hall–Kier alpha value is -2.09. The summed E-state index contributed by atoms with van der Waals surface area (Å²) in [6.45, 7) is 11.1. The fourth-order valence-corrected chi connectivity index (χ4v) is 3.95. The number of carbonyl (C=O) groups is 1. The van der Waals surface area contributed by atoms with Crippen molar-refractivity contribution in [3.8, 4) is 5.75 Å². The van der Waals surface area contributed by atoms with Crippen LogP contribution in [0.3, 0.4) is 0 Å². The summed E-state index contributed by atoms with van der Waals surface area (Å²) in [6, 6.07) is 6.78. The molecule has 176 valence electrons. The van der Waals surface area contributed by atoms with Crippen LogP contribution in [0.15, 0.2) is 29.3 Å². The molecule has 1 aromatic heterocycles. The molecule has 2 aromatic rings. The van der Waals surface area contributed by atoms with E-state index in [0.29, 0.717) is 22.8 Å². The predicted molar refractivity (Wildman–Crippen MR) is 124 cm³/mol. The van der Waals surface area contributed by atoms with Crippen LogP contribution in [-0.4, -0.2) is 45.3 Å². The van der Waals surface area contributed by atoms with Gasteiger partial charge in [-0.2, -0.15) is 4.99 Å². The Balaban J connectivity index is 2.03. The first-order valence-corrected chi connectivity index (χ1v) is 11.4. The van der Waals surface area contributed by atoms with E-state index in [4.69, 9.17) is 21.1 Å². The second kappa shape index (κ2) is 9.41. The Morgan fingerprint density at radius 3 is 2.59 bits per heavy atom. The summed E-state index contributed by atoms with van der Waals surface area (Å²) in [5.74, 6) is -0.117. The number of hydrogen-bond acceptors (Lipinski definition) is 4. The first-order chi connectivity index (χ1) is 14.8. The van der Waals surface area contributed by atoms with Gasteiger partial charge in [-0.3, -0.25) is 14.2 Å². The molecule has 1 aromatic carbocycles. The third kappa shape index (κ3) is 6.03. The third-order valence-corrected chi connectivity index (χ3v) is 5.61. The molecule has 3 rings (SSSR count). The Morgan fingerprint density at radius 1 is 1.28 bits per heavy atom. The van der Waals surface area contributed by atoms with Gasteiger partial charge in [0.1, 0.15) is 12.4 Å². The van der Waals surface area contributed by atoms with Crippen molar-refractivity contribution in [2.24, 2.45) is 12.0 Å². The first-order valence-electron chi connectivity index (χ1n) is 11.0. The number of nitrogens with zero attached hydrogens (tertiary/aromatic N) is 3. The van der Waals surface area contributed by atoms with Crippen molar-refractivity contribution >= 4 is 17.5 Å². The van der Waals surface area contributed by atoms with Crippen LogP contribution in [0.1, 0.15) is 63.5 Å². The molecule has 1 aliphatic rings. The molecule has 8 heteroatoms. The number of benzene rings is 1. The predicted octanol–water partition coefficient (Wildman–Crippen LogP) is 3.85. The second-order valence-electron chi connectivity index (χ2n) is 10.0. The van der Waals surface area contributed by atoms with E-state index in [1.165, 1.54) is 0 Å². The fraction of sp³-hybridized carbons (Fsp3) is 0.583. The van der Waals surface area contributed by atoms with Crippen LogP contribution in [0.5, 0.6) is 5.75 Å². The SMILES string of the molecule is Cn1c(C(C)(C)C)cc(=NC(=O)c2cc(Cl)ccc2OCC(C)(C)O)n1C[C@H]1CCCO1. The van der Waals surface area contributed by atoms with Gasteiger partial charge in [-0.05, 0) is 44.9 Å². The highest BCUT2D eigenvalue weighted by molar-refractivity contribution is 6.31. The number of rotatable bonds is 6. The zero-order valence-corrected chi connectivity index (χ0v) is 20.6. The number of carbonyl (C=O) groups excluding carboxylic acids is 1. The Kier molecular flexibility index (Phi) is 7.22. The third-order valence-electron chi connectivity index (χ3n) is 5.38. The minimum Gasteiger partial charge on any atom is -0.490 e. The molecule has 1 aliphatic heterocycles. The Bertz CT molecular complexity index is 1030. The van der Waals surface area contributed by atoms with E-state index in [2.05, 4.69) is 30.4 Å². The molecule has 1 amide bonds. The molecular weight excluding hydrogens is 430 g/mol. The second-order valence-corrected chi connectivity index (χ2v) is 10.5. The van der Waals surface area contributed by atoms with Crippen LogP contribution in [0.4, 0.5) is 0 Å². The maximum absolute atomic E-state index is 13.2. The van der Waals surface area contributed by atoms with Crippen molar-refractivity contribution in [3.63, 3.8) is 0 Å². The summed E-state index contributed by atoms with van der Waals surface area (Å²) in [6.07, 6.45) is 2.12. The van der Waals surface area contributed by atoms with Gasteiger partial charge in [-0.15, -0.1) is 0 Å². The molecular formula is C24H34ClN3O4. The molecule has 0 spiro atoms. The molecule has 1 N–H and O–H groups in total. The average Bonchev–Trinajstić information content (AvgIpc) is 3.29. The van der Waals surface area contributed by atoms with Crippen LogP contribution in [0, 0.1) is 0 Å². The Morgan fingerprint density at radius 2 is 2.00 bits per heavy atom. The Labute approximate surface area is 194 Å². The quantitative estimate of drug-likeness (QED) is 0.705. The highest BCUT2D eigenvalue weighted by atomic mass is 35.5. The lowest BCUT2D eigenvalue weighted by Gasteiger charge is -2.21. The van der Waals surface area contributed by atoms with Crippen molar-refractivity contribution in [1.82, 2.24) is 9.36 Å². The number of halogens is 1. The lowest BCUT2D eigenvalue weighted by atomic mass is 9.92. The van der Waals surface area contributed by atoms with Crippen molar-refractivity contribution in [3.05, 3.63) is 46.0 Å². The van der Waals surface area contributed by atoms with Crippen molar-refractivity contribution in [2.45, 2.75) is 71.1 Å². The molecule has 7 nitrogen and oxygen atoms in total. The van der Waals surface area contributed by atoms with Crippen LogP contribution in [-0.2, 0) is 23.7 Å². The van der Waals surface area contributed by atoms with Crippen LogP contribution < -0.4 is 10.2 Å². The maximum Gasteiger partial charge on any atom is 0.282 e. The van der Waals surface area contributed by atoms with Gasteiger partial charge < -0.3 is 14.6 Å². The molecule has 0 radical (unpaired) electrons. The number of amides is 1. The molecule has 1 saturated heterocycles. The highest BCUT2D eigenvalue weighted by Gasteiger charge is 2.24. The van der Waals surface area contributed by atoms with Crippen LogP contribution >= 0.6 is 11.6 Å². The van der Waals surface area contributed by atoms with E-state index in [1.807, 2.05) is 17.8 Å². The van der Waals surface area contributed by atoms with Gasteiger partial charge in [-0.25, -0.2) is 0 Å². The van der Waals surface area contributed by atoms with E-state index in [1.54, 1.807) is 32.0 Å². The molecule has 32 heavy (non-hydrogen) atoms. The van der Waals surface area contributed by atoms with Crippen LogP contribution in [0.2, 0.25) is 5.02 Å². The standard InChI is InChI=1S/C24H34ClN3O4/c1-23(2,3)20-13-21(28(27(20)6)14-17-8-7-11-31-17)26-22(29)18-12-16(25)9-10-19(18)32-15-24(4,5)30/h9-10,12-13,17,30H,7-8,11,14-15H2,1-6H3/t17-/m1/s1. The largest absolute Gasteiger partial charge is 0.490 e. The summed E-state index contributed by atoms with van der Waals surface area (Å²) in [5.41, 5.74) is 0.716. The molecule has 0 saturated carbocycles. The van der Waals surface area contributed by atoms with Gasteiger partial charge in [0, 0.05) is 35.9 Å². The van der Waals surface area contributed by atoms with Gasteiger partial charge >= 0.3 is 0 Å². The van der Waals surface area contributed by atoms with E-state index >= 15 is 0 Å². The van der Waals surface area contributed by atoms with Crippen LogP contribution in [0.25, 0.3) is 0 Å². The molecule has 0 aliphatic carbocycles. The maximum atomic E-state index is 13.2. The number of aliphatic hydroxyl groups is 1. The van der Waals surface area contributed by atoms with Gasteiger partial charge in [0.2, 0.25) is 0 Å². The molecule has 0 bridgehead atoms. The lowest BCUT2D eigenvalue weighted by Crippen LogP contribution is -2.30. The van der Waals surface area contributed by atoms with Gasteiger partial charge in [0.05, 0.1) is 23.8 Å². The monoisotopic (exact) mass is 463 g/mol. The number of ether oxygens (including phenoxy) is 2. The molecule has 0 unspecified atom stereocenters. The van der Waals surface area contributed by atoms with Crippen molar-refractivity contribution < 1.29 is 19.4 Å². The minimum atomic E-state index is -1.04. The van der Waals surface area contributed by atoms with Gasteiger partial charge in [-0.1, -0.05) is 32.4 Å². The van der Waals surface area contributed by atoms with E-state index in [0.717, 1.165) is 25.1 Å². The first kappa shape index (κ1) is 24.6. The topological polar surface area (TPSA) is 78.0 Å². The zero-order valence-electron chi connectivity index (χ0n) is 19.8. The van der Waals surface area contributed by atoms with Crippen molar-refractivity contribution in [2.75, 3.05) is 13.2 Å². The normalized spacial score (nSPS) is 17.8. The average molecular weight is 464 g/mol. The molecule has 2 heterocycles. The number of aromatic nitrogens is 2. The van der Waals surface area contributed by atoms with Gasteiger partial charge in [0.25, 0.3) is 5.91 Å². The van der Waals surface area contributed by atoms with Crippen molar-refractivity contribution in [1.29, 1.82) is 0 Å².